The molecule has 1 heterocycles. The molecule has 1 N–H and O–H groups in total. The van der Waals surface area contributed by atoms with Gasteiger partial charge >= 0.3 is 0 Å². The second-order valence-electron chi connectivity index (χ2n) is 3.87. The average Bonchev–Trinajstić information content (AvgIpc) is 2.60. The number of benzene rings is 2. The molecule has 2 nitrogen and oxygen atoms in total. The average molecular weight is 215 g/mol. The van der Waals surface area contributed by atoms with Crippen molar-refractivity contribution in [2.24, 2.45) is 7.05 Å². The van der Waals surface area contributed by atoms with E-state index in [-0.39, 0.29) is 11.6 Å². The van der Waals surface area contributed by atoms with Crippen molar-refractivity contribution in [1.29, 1.82) is 0 Å². The molecule has 0 aliphatic heterocycles. The zero-order valence-electron chi connectivity index (χ0n) is 8.74. The van der Waals surface area contributed by atoms with Crippen molar-refractivity contribution in [3.63, 3.8) is 0 Å². The van der Waals surface area contributed by atoms with E-state index in [0.717, 1.165) is 10.9 Å². The van der Waals surface area contributed by atoms with Crippen LogP contribution < -0.4 is 0 Å². The highest BCUT2D eigenvalue weighted by atomic mass is 19.1. The molecule has 0 aliphatic carbocycles. The van der Waals surface area contributed by atoms with Crippen molar-refractivity contribution in [3.05, 3.63) is 42.2 Å². The molecule has 2 aromatic carbocycles. The Morgan fingerprint density at radius 2 is 1.88 bits per heavy atom. The van der Waals surface area contributed by atoms with Gasteiger partial charge < -0.3 is 9.67 Å². The number of phenolic OH excluding ortho intramolecular Hbond substituents is 1. The van der Waals surface area contributed by atoms with Gasteiger partial charge in [0.1, 0.15) is 11.6 Å². The number of nitrogens with zero attached hydrogens (tertiary/aromatic N) is 1. The van der Waals surface area contributed by atoms with Crippen LogP contribution in [-0.4, -0.2) is 9.67 Å². The van der Waals surface area contributed by atoms with Gasteiger partial charge in [-0.25, -0.2) is 4.39 Å². The largest absolute Gasteiger partial charge is 0.507 e. The molecule has 3 rings (SSSR count). The molecule has 0 fully saturated rings. The van der Waals surface area contributed by atoms with Gasteiger partial charge in [0.2, 0.25) is 0 Å². The minimum Gasteiger partial charge on any atom is -0.507 e. The van der Waals surface area contributed by atoms with E-state index in [1.54, 1.807) is 11.6 Å². The molecule has 16 heavy (non-hydrogen) atoms. The fourth-order valence-corrected chi connectivity index (χ4v) is 2.25. The Morgan fingerprint density at radius 3 is 2.69 bits per heavy atom. The summed E-state index contributed by atoms with van der Waals surface area (Å²) >= 11 is 0. The second-order valence-corrected chi connectivity index (χ2v) is 3.87. The van der Waals surface area contributed by atoms with Crippen LogP contribution in [0.3, 0.4) is 0 Å². The van der Waals surface area contributed by atoms with Gasteiger partial charge in [-0.05, 0) is 18.2 Å². The third-order valence-corrected chi connectivity index (χ3v) is 2.98. The van der Waals surface area contributed by atoms with Gasteiger partial charge in [-0.15, -0.1) is 0 Å². The Labute approximate surface area is 91.5 Å². The van der Waals surface area contributed by atoms with E-state index in [1.165, 1.54) is 12.1 Å². The minimum atomic E-state index is -0.313. The highest BCUT2D eigenvalue weighted by Gasteiger charge is 2.14. The summed E-state index contributed by atoms with van der Waals surface area (Å²) in [6.07, 6.45) is 0. The van der Waals surface area contributed by atoms with Gasteiger partial charge in [-0.3, -0.25) is 0 Å². The van der Waals surface area contributed by atoms with Gasteiger partial charge in [0.25, 0.3) is 0 Å². The van der Waals surface area contributed by atoms with Gasteiger partial charge in [-0.2, -0.15) is 0 Å². The van der Waals surface area contributed by atoms with Gasteiger partial charge in [0.15, 0.2) is 0 Å². The standard InChI is InChI=1S/C13H10FNO/c1-15-10-5-3-2-4-8(10)12-11(16)7-6-9(14)13(12)15/h2-7,16H,1H3. The molecule has 0 unspecified atom stereocenters. The fourth-order valence-electron chi connectivity index (χ4n) is 2.25. The zero-order chi connectivity index (χ0) is 11.3. The number of aromatic nitrogens is 1. The van der Waals surface area contributed by atoms with Crippen molar-refractivity contribution in [1.82, 2.24) is 4.57 Å². The summed E-state index contributed by atoms with van der Waals surface area (Å²) in [4.78, 5) is 0. The summed E-state index contributed by atoms with van der Waals surface area (Å²) in [6, 6.07) is 10.3. The SMILES string of the molecule is Cn1c2ccccc2c2c(O)ccc(F)c21. The fraction of sp³-hybridized carbons (Fsp3) is 0.0769. The first kappa shape index (κ1) is 9.21. The third kappa shape index (κ3) is 0.999. The summed E-state index contributed by atoms with van der Waals surface area (Å²) < 4.78 is 15.5. The maximum atomic E-state index is 13.7. The molecule has 0 amide bonds. The van der Waals surface area contributed by atoms with Gasteiger partial charge in [-0.1, -0.05) is 18.2 Å². The Hall–Kier alpha value is -2.03. The van der Waals surface area contributed by atoms with Gasteiger partial charge in [0.05, 0.1) is 10.9 Å². The predicted molar refractivity (Wildman–Crippen MR) is 62.0 cm³/mol. The van der Waals surface area contributed by atoms with Crippen molar-refractivity contribution in [3.8, 4) is 5.75 Å². The van der Waals surface area contributed by atoms with Crippen LogP contribution in [0.5, 0.6) is 5.75 Å². The molecule has 0 atom stereocenters. The summed E-state index contributed by atoms with van der Waals surface area (Å²) in [5.74, 6) is -0.195. The first-order chi connectivity index (χ1) is 7.70. The number of para-hydroxylation sites is 1. The van der Waals surface area contributed by atoms with E-state index in [9.17, 15) is 9.50 Å². The summed E-state index contributed by atoms with van der Waals surface area (Å²) in [5, 5.41) is 11.3. The molecule has 0 spiro atoms. The number of hydrogen-bond acceptors (Lipinski definition) is 1. The lowest BCUT2D eigenvalue weighted by Crippen LogP contribution is -1.89. The molecular weight excluding hydrogens is 205 g/mol. The van der Waals surface area contributed by atoms with E-state index in [0.29, 0.717) is 10.9 Å². The highest BCUT2D eigenvalue weighted by Crippen LogP contribution is 2.35. The topological polar surface area (TPSA) is 25.2 Å². The molecule has 0 bridgehead atoms. The van der Waals surface area contributed by atoms with Crippen molar-refractivity contribution < 1.29 is 9.50 Å². The molecule has 3 aromatic rings. The number of phenols is 1. The normalized spacial score (nSPS) is 11.4. The maximum absolute atomic E-state index is 13.7. The Balaban J connectivity index is 2.72. The first-order valence-corrected chi connectivity index (χ1v) is 5.05. The smallest absolute Gasteiger partial charge is 0.147 e. The van der Waals surface area contributed by atoms with Gasteiger partial charge in [0, 0.05) is 18.0 Å². The van der Waals surface area contributed by atoms with Crippen LogP contribution in [0.2, 0.25) is 0 Å². The molecular formula is C13H10FNO. The molecule has 0 radical (unpaired) electrons. The van der Waals surface area contributed by atoms with Crippen LogP contribution in [0.25, 0.3) is 21.8 Å². The van der Waals surface area contributed by atoms with E-state index in [4.69, 9.17) is 0 Å². The van der Waals surface area contributed by atoms with E-state index < -0.39 is 0 Å². The highest BCUT2D eigenvalue weighted by molar-refractivity contribution is 6.11. The van der Waals surface area contributed by atoms with Crippen molar-refractivity contribution >= 4 is 21.8 Å². The van der Waals surface area contributed by atoms with E-state index in [1.807, 2.05) is 24.3 Å². The lowest BCUT2D eigenvalue weighted by molar-refractivity contribution is 0.480. The zero-order valence-corrected chi connectivity index (χ0v) is 8.74. The van der Waals surface area contributed by atoms with Crippen LogP contribution in [0.15, 0.2) is 36.4 Å². The lowest BCUT2D eigenvalue weighted by Gasteiger charge is -1.99. The maximum Gasteiger partial charge on any atom is 0.147 e. The Bertz CT molecular complexity index is 700. The second kappa shape index (κ2) is 2.98. The number of halogens is 1. The summed E-state index contributed by atoms with van der Waals surface area (Å²) in [5.41, 5.74) is 1.36. The van der Waals surface area contributed by atoms with Crippen molar-refractivity contribution in [2.75, 3.05) is 0 Å². The number of aryl methyl sites for hydroxylation is 1. The molecule has 3 heteroatoms. The van der Waals surface area contributed by atoms with Crippen LogP contribution >= 0.6 is 0 Å². The first-order valence-electron chi connectivity index (χ1n) is 5.05. The van der Waals surface area contributed by atoms with Crippen LogP contribution in [0.4, 0.5) is 4.39 Å². The Morgan fingerprint density at radius 1 is 1.12 bits per heavy atom. The number of fused-ring (bicyclic) bond motifs is 3. The van der Waals surface area contributed by atoms with E-state index >= 15 is 0 Å². The van der Waals surface area contributed by atoms with Crippen LogP contribution in [-0.2, 0) is 7.05 Å². The number of rotatable bonds is 0. The molecule has 80 valence electrons. The molecule has 1 aromatic heterocycles. The molecule has 0 aliphatic rings. The number of hydrogen-bond donors (Lipinski definition) is 1. The molecule has 0 saturated heterocycles. The minimum absolute atomic E-state index is 0.119. The Kier molecular flexibility index (Phi) is 1.72. The van der Waals surface area contributed by atoms with Crippen LogP contribution in [0.1, 0.15) is 0 Å². The summed E-state index contributed by atoms with van der Waals surface area (Å²) in [7, 11) is 1.80. The predicted octanol–water partition coefficient (Wildman–Crippen LogP) is 3.18. The monoisotopic (exact) mass is 215 g/mol. The van der Waals surface area contributed by atoms with Crippen LogP contribution in [0, 0.1) is 5.82 Å². The summed E-state index contributed by atoms with van der Waals surface area (Å²) in [6.45, 7) is 0. The number of aromatic hydroxyl groups is 1. The molecule has 0 saturated carbocycles. The van der Waals surface area contributed by atoms with Crippen molar-refractivity contribution in [2.45, 2.75) is 0 Å². The lowest BCUT2D eigenvalue weighted by atomic mass is 10.1. The quantitative estimate of drug-likeness (QED) is 0.612. The third-order valence-electron chi connectivity index (χ3n) is 2.98. The van der Waals surface area contributed by atoms with E-state index in [2.05, 4.69) is 0 Å².